The van der Waals surface area contributed by atoms with Gasteiger partial charge in [0.25, 0.3) is 5.88 Å². The third kappa shape index (κ3) is 3.07. The predicted octanol–water partition coefficient (Wildman–Crippen LogP) is 2.34. The lowest BCUT2D eigenvalue weighted by Gasteiger charge is -2.10. The molecule has 0 saturated carbocycles. The second-order valence-electron chi connectivity index (χ2n) is 5.99. The molecular weight excluding hydrogens is 318 g/mol. The van der Waals surface area contributed by atoms with Gasteiger partial charge < -0.3 is 9.84 Å². The number of benzene rings is 1. The molecule has 0 unspecified atom stereocenters. The van der Waals surface area contributed by atoms with Crippen molar-refractivity contribution in [3.63, 3.8) is 0 Å². The first-order valence-electron chi connectivity index (χ1n) is 8.37. The van der Waals surface area contributed by atoms with Crippen molar-refractivity contribution in [1.29, 1.82) is 0 Å². The summed E-state index contributed by atoms with van der Waals surface area (Å²) in [6.45, 7) is 3.88. The Bertz CT molecular complexity index is 980. The van der Waals surface area contributed by atoms with E-state index in [1.807, 2.05) is 44.2 Å². The third-order valence-corrected chi connectivity index (χ3v) is 4.20. The standard InChI is InChI=1S/C19H21N3O3/c1-4-5-9-16-18(23)21(14-7-6-8-15(12-14)25-3)17-11-10-13(2)20-22(17)19(16)24/h6-8,10-12H,4-5,9H2,1-3H3/p+1. The van der Waals surface area contributed by atoms with Gasteiger partial charge >= 0.3 is 11.2 Å². The summed E-state index contributed by atoms with van der Waals surface area (Å²) < 4.78 is 8.29. The summed E-state index contributed by atoms with van der Waals surface area (Å²) in [5.41, 5.74) is 2.04. The van der Waals surface area contributed by atoms with E-state index in [1.165, 1.54) is 4.52 Å². The van der Waals surface area contributed by atoms with Crippen molar-refractivity contribution in [2.24, 2.45) is 0 Å². The number of hydrogen-bond acceptors (Lipinski definition) is 4. The number of fused-ring (bicyclic) bond motifs is 1. The average molecular weight is 340 g/mol. The number of aromatic hydroxyl groups is 1. The van der Waals surface area contributed by atoms with Crippen molar-refractivity contribution in [1.82, 2.24) is 9.61 Å². The van der Waals surface area contributed by atoms with Crippen LogP contribution in [0.1, 0.15) is 31.0 Å². The molecule has 1 N–H and O–H groups in total. The minimum Gasteiger partial charge on any atom is -0.497 e. The van der Waals surface area contributed by atoms with E-state index in [9.17, 15) is 9.90 Å². The largest absolute Gasteiger partial charge is 0.497 e. The Morgan fingerprint density at radius 3 is 2.80 bits per heavy atom. The minimum atomic E-state index is -0.274. The van der Waals surface area contributed by atoms with Gasteiger partial charge in [0.15, 0.2) is 0 Å². The SMILES string of the molecule is CCCCc1c(O)[n+](-c2cccc(OC)c2)c2ccc(C)nn2c1=O. The Balaban J connectivity index is 2.37. The molecule has 0 spiro atoms. The van der Waals surface area contributed by atoms with Gasteiger partial charge in [-0.3, -0.25) is 0 Å². The van der Waals surface area contributed by atoms with Gasteiger partial charge in [-0.1, -0.05) is 29.0 Å². The lowest BCUT2D eigenvalue weighted by molar-refractivity contribution is -0.581. The van der Waals surface area contributed by atoms with Gasteiger partial charge in [0.05, 0.1) is 12.8 Å². The van der Waals surface area contributed by atoms with Crippen LogP contribution < -0.4 is 14.9 Å². The number of unbranched alkanes of at least 4 members (excludes halogenated alkanes) is 1. The molecule has 2 aromatic heterocycles. The van der Waals surface area contributed by atoms with Crippen LogP contribution in [0.15, 0.2) is 41.2 Å². The highest BCUT2D eigenvalue weighted by molar-refractivity contribution is 5.41. The van der Waals surface area contributed by atoms with E-state index in [2.05, 4.69) is 5.10 Å². The molecule has 0 atom stereocenters. The lowest BCUT2D eigenvalue weighted by atomic mass is 10.1. The first-order chi connectivity index (χ1) is 12.1. The van der Waals surface area contributed by atoms with E-state index in [0.717, 1.165) is 18.5 Å². The highest BCUT2D eigenvalue weighted by atomic mass is 16.5. The molecule has 0 amide bonds. The van der Waals surface area contributed by atoms with Crippen molar-refractivity contribution in [3.05, 3.63) is 58.0 Å². The monoisotopic (exact) mass is 340 g/mol. The lowest BCUT2D eigenvalue weighted by Crippen LogP contribution is -2.40. The molecule has 0 aliphatic carbocycles. The van der Waals surface area contributed by atoms with E-state index in [1.54, 1.807) is 17.7 Å². The van der Waals surface area contributed by atoms with E-state index >= 15 is 0 Å². The fraction of sp³-hybridized carbons (Fsp3) is 0.316. The fourth-order valence-corrected chi connectivity index (χ4v) is 2.87. The van der Waals surface area contributed by atoms with Gasteiger partial charge in [-0.25, -0.2) is 4.79 Å². The maximum absolute atomic E-state index is 12.8. The van der Waals surface area contributed by atoms with Crippen molar-refractivity contribution in [3.8, 4) is 17.3 Å². The number of ether oxygens (including phenoxy) is 1. The number of rotatable bonds is 5. The summed E-state index contributed by atoms with van der Waals surface area (Å²) in [5.74, 6) is 0.626. The number of hydrogen-bond donors (Lipinski definition) is 1. The normalized spacial score (nSPS) is 11.0. The maximum Gasteiger partial charge on any atom is 0.370 e. The van der Waals surface area contributed by atoms with E-state index in [0.29, 0.717) is 29.1 Å². The van der Waals surface area contributed by atoms with E-state index in [4.69, 9.17) is 4.74 Å². The van der Waals surface area contributed by atoms with Crippen molar-refractivity contribution in [2.75, 3.05) is 7.11 Å². The molecule has 25 heavy (non-hydrogen) atoms. The summed E-state index contributed by atoms with van der Waals surface area (Å²) in [6, 6.07) is 10.9. The van der Waals surface area contributed by atoms with Gasteiger partial charge in [0, 0.05) is 12.1 Å². The van der Waals surface area contributed by atoms with Crippen LogP contribution in [0.4, 0.5) is 0 Å². The molecule has 3 aromatic rings. The Kier molecular flexibility index (Phi) is 4.70. The summed E-state index contributed by atoms with van der Waals surface area (Å²) in [5, 5.41) is 15.2. The van der Waals surface area contributed by atoms with Crippen LogP contribution in [0.2, 0.25) is 0 Å². The zero-order valence-corrected chi connectivity index (χ0v) is 14.7. The first-order valence-corrected chi connectivity index (χ1v) is 8.37. The zero-order valence-electron chi connectivity index (χ0n) is 14.7. The Morgan fingerprint density at radius 2 is 2.08 bits per heavy atom. The van der Waals surface area contributed by atoms with Crippen LogP contribution in [0.5, 0.6) is 11.6 Å². The summed E-state index contributed by atoms with van der Waals surface area (Å²) >= 11 is 0. The highest BCUT2D eigenvalue weighted by Crippen LogP contribution is 2.18. The molecule has 0 bridgehead atoms. The molecule has 6 nitrogen and oxygen atoms in total. The maximum atomic E-state index is 12.8. The van der Waals surface area contributed by atoms with E-state index < -0.39 is 0 Å². The fourth-order valence-electron chi connectivity index (χ4n) is 2.87. The number of aryl methyl sites for hydroxylation is 1. The molecule has 0 fully saturated rings. The molecule has 1 aromatic carbocycles. The quantitative estimate of drug-likeness (QED) is 0.724. The van der Waals surface area contributed by atoms with E-state index in [-0.39, 0.29) is 11.4 Å². The highest BCUT2D eigenvalue weighted by Gasteiger charge is 2.26. The average Bonchev–Trinajstić information content (AvgIpc) is 2.62. The molecule has 0 saturated heterocycles. The van der Waals surface area contributed by atoms with Crippen molar-refractivity contribution < 1.29 is 14.4 Å². The van der Waals surface area contributed by atoms with Crippen LogP contribution in [-0.4, -0.2) is 21.8 Å². The van der Waals surface area contributed by atoms with Crippen molar-refractivity contribution in [2.45, 2.75) is 33.1 Å². The molecule has 3 rings (SSSR count). The molecule has 2 heterocycles. The Hall–Kier alpha value is -2.89. The van der Waals surface area contributed by atoms with Gasteiger partial charge in [-0.2, -0.15) is 4.57 Å². The number of nitrogens with zero attached hydrogens (tertiary/aromatic N) is 3. The zero-order chi connectivity index (χ0) is 18.0. The smallest absolute Gasteiger partial charge is 0.370 e. The van der Waals surface area contributed by atoms with Crippen molar-refractivity contribution >= 4 is 5.65 Å². The third-order valence-electron chi connectivity index (χ3n) is 4.20. The van der Waals surface area contributed by atoms with Gasteiger partial charge in [-0.15, -0.1) is 0 Å². The second kappa shape index (κ2) is 6.93. The molecule has 130 valence electrons. The molecule has 6 heteroatoms. The topological polar surface area (TPSA) is 67.7 Å². The minimum absolute atomic E-state index is 0.0441. The summed E-state index contributed by atoms with van der Waals surface area (Å²) in [7, 11) is 1.59. The molecule has 0 radical (unpaired) electrons. The van der Waals surface area contributed by atoms with Gasteiger partial charge in [-0.05, 0) is 38.0 Å². The summed E-state index contributed by atoms with van der Waals surface area (Å²) in [6.07, 6.45) is 2.25. The number of methoxy groups -OCH3 is 1. The predicted molar refractivity (Wildman–Crippen MR) is 94.6 cm³/mol. The Morgan fingerprint density at radius 1 is 1.28 bits per heavy atom. The van der Waals surface area contributed by atoms with Crippen LogP contribution in [0.3, 0.4) is 0 Å². The molecule has 0 aliphatic rings. The van der Waals surface area contributed by atoms with Gasteiger partial charge in [0.1, 0.15) is 17.0 Å². The molecule has 0 aliphatic heterocycles. The van der Waals surface area contributed by atoms with Gasteiger partial charge in [0.2, 0.25) is 0 Å². The van der Waals surface area contributed by atoms with Crippen LogP contribution in [0.25, 0.3) is 11.3 Å². The Labute approximate surface area is 145 Å². The van der Waals surface area contributed by atoms with Crippen LogP contribution in [0, 0.1) is 6.92 Å². The number of aromatic nitrogens is 3. The van der Waals surface area contributed by atoms with Crippen LogP contribution >= 0.6 is 0 Å². The summed E-state index contributed by atoms with van der Waals surface area (Å²) in [4.78, 5) is 12.8. The molecular formula is C19H22N3O3+. The van der Waals surface area contributed by atoms with Crippen LogP contribution in [-0.2, 0) is 6.42 Å². The second-order valence-corrected chi connectivity index (χ2v) is 5.99. The first kappa shape index (κ1) is 17.0.